The number of fused-ring (bicyclic) bond motifs is 1. The molecule has 0 amide bonds. The highest BCUT2D eigenvalue weighted by Crippen LogP contribution is 2.37. The van der Waals surface area contributed by atoms with Crippen molar-refractivity contribution < 1.29 is 9.84 Å². The third-order valence-corrected chi connectivity index (χ3v) is 5.13. The van der Waals surface area contributed by atoms with E-state index in [1.165, 1.54) is 5.56 Å². The molecule has 2 rings (SSSR count). The Morgan fingerprint density at radius 3 is 2.57 bits per heavy atom. The lowest BCUT2D eigenvalue weighted by molar-refractivity contribution is 0.00456. The molecule has 0 aliphatic heterocycles. The van der Waals surface area contributed by atoms with Gasteiger partial charge in [-0.15, -0.1) is 0 Å². The van der Waals surface area contributed by atoms with Gasteiger partial charge in [0.15, 0.2) is 0 Å². The number of aliphatic hydroxyl groups is 1. The van der Waals surface area contributed by atoms with Crippen LogP contribution in [0.5, 0.6) is 5.75 Å². The van der Waals surface area contributed by atoms with Gasteiger partial charge < -0.3 is 9.84 Å². The van der Waals surface area contributed by atoms with Gasteiger partial charge in [0.1, 0.15) is 5.75 Å². The number of methoxy groups -OCH3 is 1. The van der Waals surface area contributed by atoms with Gasteiger partial charge in [-0.2, -0.15) is 0 Å². The van der Waals surface area contributed by atoms with Crippen molar-refractivity contribution in [3.63, 3.8) is 0 Å². The normalized spacial score (nSPS) is 23.8. The molecule has 1 N–H and O–H groups in total. The molecule has 3 heteroatoms. The Bertz CT molecular complexity index is 492. The van der Waals surface area contributed by atoms with E-state index in [0.29, 0.717) is 6.04 Å². The van der Waals surface area contributed by atoms with Crippen LogP contribution in [0.1, 0.15) is 51.3 Å². The third kappa shape index (κ3) is 3.24. The van der Waals surface area contributed by atoms with E-state index in [4.69, 9.17) is 4.74 Å². The predicted molar refractivity (Wildman–Crippen MR) is 86.7 cm³/mol. The van der Waals surface area contributed by atoms with E-state index in [0.717, 1.165) is 24.2 Å². The summed E-state index contributed by atoms with van der Waals surface area (Å²) in [7, 11) is 3.82. The van der Waals surface area contributed by atoms with Crippen LogP contribution >= 0.6 is 0 Å². The molecule has 0 bridgehead atoms. The molecule has 1 aromatic carbocycles. The summed E-state index contributed by atoms with van der Waals surface area (Å²) in [5, 5.41) is 10.8. The average Bonchev–Trinajstić information content (AvgIpc) is 2.44. The summed E-state index contributed by atoms with van der Waals surface area (Å²) >= 11 is 0. The first-order valence-corrected chi connectivity index (χ1v) is 7.82. The summed E-state index contributed by atoms with van der Waals surface area (Å²) in [6.07, 6.45) is 1.56. The summed E-state index contributed by atoms with van der Waals surface area (Å²) in [4.78, 5) is 2.35. The van der Waals surface area contributed by atoms with E-state index >= 15 is 0 Å². The molecule has 3 atom stereocenters. The van der Waals surface area contributed by atoms with E-state index in [2.05, 4.69) is 45.7 Å². The first kappa shape index (κ1) is 16.3. The van der Waals surface area contributed by atoms with Crippen LogP contribution in [0.3, 0.4) is 0 Å². The maximum Gasteiger partial charge on any atom is 0.119 e. The number of ether oxygens (including phenoxy) is 1. The molecule has 0 radical (unpaired) electrons. The number of aliphatic hydroxyl groups excluding tert-OH is 1. The molecular formula is C18H29NO2. The second-order valence-corrected chi connectivity index (χ2v) is 7.32. The summed E-state index contributed by atoms with van der Waals surface area (Å²) in [6.45, 7) is 9.00. The molecule has 0 aromatic heterocycles. The fourth-order valence-corrected chi connectivity index (χ4v) is 3.21. The van der Waals surface area contributed by atoms with Crippen LogP contribution in [0.2, 0.25) is 0 Å². The zero-order chi connectivity index (χ0) is 15.8. The van der Waals surface area contributed by atoms with E-state index < -0.39 is 6.10 Å². The van der Waals surface area contributed by atoms with Crippen molar-refractivity contribution in [1.82, 2.24) is 4.90 Å². The highest BCUT2D eigenvalue weighted by Gasteiger charge is 2.35. The first-order valence-electron chi connectivity index (χ1n) is 7.82. The van der Waals surface area contributed by atoms with Crippen LogP contribution in [0.25, 0.3) is 0 Å². The minimum atomic E-state index is -0.422. The van der Waals surface area contributed by atoms with E-state index in [-0.39, 0.29) is 11.5 Å². The van der Waals surface area contributed by atoms with Crippen LogP contribution in [0, 0.1) is 5.41 Å². The van der Waals surface area contributed by atoms with Gasteiger partial charge in [0, 0.05) is 12.1 Å². The highest BCUT2D eigenvalue weighted by atomic mass is 16.5. The maximum atomic E-state index is 10.8. The second-order valence-electron chi connectivity index (χ2n) is 7.32. The topological polar surface area (TPSA) is 32.7 Å². The second kappa shape index (κ2) is 5.98. The van der Waals surface area contributed by atoms with Crippen molar-refractivity contribution >= 4 is 0 Å². The molecule has 0 spiro atoms. The minimum Gasteiger partial charge on any atom is -0.497 e. The molecule has 1 aliphatic carbocycles. The number of hydrogen-bond donors (Lipinski definition) is 1. The molecule has 0 saturated heterocycles. The molecule has 0 saturated carbocycles. The maximum absolute atomic E-state index is 10.8. The van der Waals surface area contributed by atoms with Crippen molar-refractivity contribution in [2.24, 2.45) is 5.41 Å². The van der Waals surface area contributed by atoms with Crippen molar-refractivity contribution in [3.05, 3.63) is 29.3 Å². The predicted octanol–water partition coefficient (Wildman–Crippen LogP) is 3.41. The molecule has 0 fully saturated rings. The average molecular weight is 291 g/mol. The van der Waals surface area contributed by atoms with E-state index in [1.54, 1.807) is 7.11 Å². The van der Waals surface area contributed by atoms with Gasteiger partial charge >= 0.3 is 0 Å². The van der Waals surface area contributed by atoms with Crippen molar-refractivity contribution in [2.75, 3.05) is 14.2 Å². The van der Waals surface area contributed by atoms with Gasteiger partial charge in [-0.25, -0.2) is 0 Å². The summed E-state index contributed by atoms with van der Waals surface area (Å²) in [6, 6.07) is 6.61. The van der Waals surface area contributed by atoms with Gasteiger partial charge in [-0.05, 0) is 55.5 Å². The summed E-state index contributed by atoms with van der Waals surface area (Å²) in [5.41, 5.74) is 2.48. The van der Waals surface area contributed by atoms with Crippen LogP contribution in [-0.2, 0) is 6.42 Å². The van der Waals surface area contributed by atoms with Gasteiger partial charge in [-0.3, -0.25) is 4.90 Å². The molecule has 3 unspecified atom stereocenters. The lowest BCUT2D eigenvalue weighted by Crippen LogP contribution is -2.49. The number of likely N-dealkylation sites (N-methyl/N-ethyl adjacent to an activating group) is 1. The molecule has 1 aliphatic rings. The lowest BCUT2D eigenvalue weighted by atomic mass is 9.81. The van der Waals surface area contributed by atoms with Crippen molar-refractivity contribution in [2.45, 2.75) is 58.7 Å². The molecule has 118 valence electrons. The Balaban J connectivity index is 2.22. The minimum absolute atomic E-state index is 0.181. The number of hydrogen-bond acceptors (Lipinski definition) is 3. The molecule has 21 heavy (non-hydrogen) atoms. The SMILES string of the molecule is COc1ccc2c(c1)CCC(N(C)C(C)C(C)(C)C)C2O. The summed E-state index contributed by atoms with van der Waals surface area (Å²) < 4.78 is 5.28. The van der Waals surface area contributed by atoms with Gasteiger partial charge in [0.25, 0.3) is 0 Å². The Labute approximate surface area is 128 Å². The summed E-state index contributed by atoms with van der Waals surface area (Å²) in [5.74, 6) is 0.871. The lowest BCUT2D eigenvalue weighted by Gasteiger charge is -2.44. The largest absolute Gasteiger partial charge is 0.497 e. The Morgan fingerprint density at radius 1 is 1.33 bits per heavy atom. The van der Waals surface area contributed by atoms with Gasteiger partial charge in [0.2, 0.25) is 0 Å². The molecule has 3 nitrogen and oxygen atoms in total. The molecule has 0 heterocycles. The Kier molecular flexibility index (Phi) is 4.64. The third-order valence-electron chi connectivity index (χ3n) is 5.13. The Hall–Kier alpha value is -1.06. The van der Waals surface area contributed by atoms with Crippen molar-refractivity contribution in [3.8, 4) is 5.75 Å². The standard InChI is InChI=1S/C18H29NO2/c1-12(18(2,3)4)19(5)16-10-7-13-11-14(21-6)8-9-15(13)17(16)20/h8-9,11-12,16-17,20H,7,10H2,1-6H3. The Morgan fingerprint density at radius 2 is 2.00 bits per heavy atom. The fourth-order valence-electron chi connectivity index (χ4n) is 3.21. The van der Waals surface area contributed by atoms with E-state index in [9.17, 15) is 5.11 Å². The number of nitrogens with zero attached hydrogens (tertiary/aromatic N) is 1. The fraction of sp³-hybridized carbons (Fsp3) is 0.667. The number of rotatable bonds is 3. The highest BCUT2D eigenvalue weighted by molar-refractivity contribution is 5.39. The van der Waals surface area contributed by atoms with Gasteiger partial charge in [0.05, 0.1) is 13.2 Å². The molecule has 1 aromatic rings. The first-order chi connectivity index (χ1) is 9.75. The zero-order valence-electron chi connectivity index (χ0n) is 14.2. The van der Waals surface area contributed by atoms with Crippen molar-refractivity contribution in [1.29, 1.82) is 0 Å². The number of aryl methyl sites for hydroxylation is 1. The van der Waals surface area contributed by atoms with Crippen LogP contribution in [0.4, 0.5) is 0 Å². The zero-order valence-corrected chi connectivity index (χ0v) is 14.2. The van der Waals surface area contributed by atoms with Crippen LogP contribution in [0.15, 0.2) is 18.2 Å². The number of benzene rings is 1. The van der Waals surface area contributed by atoms with Gasteiger partial charge in [-0.1, -0.05) is 26.8 Å². The smallest absolute Gasteiger partial charge is 0.119 e. The molecular weight excluding hydrogens is 262 g/mol. The van der Waals surface area contributed by atoms with Crippen LogP contribution in [-0.4, -0.2) is 36.2 Å². The van der Waals surface area contributed by atoms with Crippen LogP contribution < -0.4 is 4.74 Å². The quantitative estimate of drug-likeness (QED) is 0.926. The monoisotopic (exact) mass is 291 g/mol. The van der Waals surface area contributed by atoms with E-state index in [1.807, 2.05) is 12.1 Å².